The van der Waals surface area contributed by atoms with Crippen molar-refractivity contribution in [2.45, 2.75) is 31.5 Å². The summed E-state index contributed by atoms with van der Waals surface area (Å²) < 4.78 is 7.78. The van der Waals surface area contributed by atoms with Gasteiger partial charge >= 0.3 is 0 Å². The molecule has 2 aliphatic rings. The van der Waals surface area contributed by atoms with Crippen LogP contribution in [0.4, 0.5) is 0 Å². The number of hydrogen-bond acceptors (Lipinski definition) is 6. The average Bonchev–Trinajstić information content (AvgIpc) is 3.40. The number of aromatic nitrogens is 3. The van der Waals surface area contributed by atoms with E-state index in [1.165, 1.54) is 4.88 Å². The Morgan fingerprint density at radius 3 is 2.59 bits per heavy atom. The standard InChI is InChI=1S/C22H27N5OS/c1-25-15-20-23-24-21(17-5-7-18(28-2)8-6-17)27(20)22(16-25)9-11-26(12-10-22)14-19-4-3-13-29-19/h3-8,13H,9-12,14-16H2,1-2H3. The number of rotatable bonds is 4. The van der Waals surface area contributed by atoms with Gasteiger partial charge in [-0.15, -0.1) is 21.5 Å². The molecule has 5 rings (SSSR count). The van der Waals surface area contributed by atoms with E-state index < -0.39 is 0 Å². The van der Waals surface area contributed by atoms with E-state index in [2.05, 4.69) is 61.3 Å². The van der Waals surface area contributed by atoms with E-state index in [1.807, 2.05) is 23.5 Å². The van der Waals surface area contributed by atoms with Gasteiger partial charge in [0.25, 0.3) is 0 Å². The molecule has 0 N–H and O–H groups in total. The lowest BCUT2D eigenvalue weighted by Gasteiger charge is -2.48. The lowest BCUT2D eigenvalue weighted by Crippen LogP contribution is -2.55. The van der Waals surface area contributed by atoms with E-state index in [0.29, 0.717) is 0 Å². The van der Waals surface area contributed by atoms with Crippen LogP contribution < -0.4 is 4.74 Å². The Morgan fingerprint density at radius 2 is 1.90 bits per heavy atom. The molecule has 29 heavy (non-hydrogen) atoms. The maximum atomic E-state index is 5.32. The molecule has 1 aromatic carbocycles. The molecule has 0 bridgehead atoms. The van der Waals surface area contributed by atoms with Gasteiger partial charge in [-0.1, -0.05) is 6.07 Å². The lowest BCUT2D eigenvalue weighted by molar-refractivity contribution is 0.0494. The van der Waals surface area contributed by atoms with Crippen molar-refractivity contribution in [3.05, 3.63) is 52.5 Å². The van der Waals surface area contributed by atoms with E-state index in [-0.39, 0.29) is 5.54 Å². The summed E-state index contributed by atoms with van der Waals surface area (Å²) in [7, 11) is 3.90. The van der Waals surface area contributed by atoms with Gasteiger partial charge in [-0.05, 0) is 55.6 Å². The van der Waals surface area contributed by atoms with Crippen LogP contribution in [0.5, 0.6) is 5.75 Å². The molecule has 6 nitrogen and oxygen atoms in total. The van der Waals surface area contributed by atoms with Gasteiger partial charge in [0.15, 0.2) is 5.82 Å². The van der Waals surface area contributed by atoms with Gasteiger partial charge in [0.1, 0.15) is 11.6 Å². The smallest absolute Gasteiger partial charge is 0.164 e. The van der Waals surface area contributed by atoms with E-state index in [4.69, 9.17) is 4.74 Å². The summed E-state index contributed by atoms with van der Waals surface area (Å²) in [5.41, 5.74) is 1.17. The van der Waals surface area contributed by atoms with Crippen LogP contribution in [-0.4, -0.2) is 58.4 Å². The highest BCUT2D eigenvalue weighted by Gasteiger charge is 2.43. The highest BCUT2D eigenvalue weighted by molar-refractivity contribution is 7.09. The fourth-order valence-corrected chi connectivity index (χ4v) is 5.59. The first-order chi connectivity index (χ1) is 14.2. The molecule has 0 atom stereocenters. The van der Waals surface area contributed by atoms with Crippen molar-refractivity contribution in [2.24, 2.45) is 0 Å². The topological polar surface area (TPSA) is 46.4 Å². The molecule has 3 aromatic rings. The first kappa shape index (κ1) is 18.8. The summed E-state index contributed by atoms with van der Waals surface area (Å²) in [5, 5.41) is 11.4. The monoisotopic (exact) mass is 409 g/mol. The van der Waals surface area contributed by atoms with Crippen LogP contribution in [-0.2, 0) is 18.6 Å². The van der Waals surface area contributed by atoms with Crippen molar-refractivity contribution in [3.63, 3.8) is 0 Å². The number of likely N-dealkylation sites (N-methyl/N-ethyl adjacent to an activating group) is 1. The number of likely N-dealkylation sites (tertiary alicyclic amines) is 1. The van der Waals surface area contributed by atoms with E-state index in [9.17, 15) is 0 Å². The maximum Gasteiger partial charge on any atom is 0.164 e. The number of hydrogen-bond donors (Lipinski definition) is 0. The Morgan fingerprint density at radius 1 is 1.10 bits per heavy atom. The SMILES string of the molecule is COc1ccc(-c2nnc3n2C2(CCN(Cc4cccs4)CC2)CN(C)C3)cc1. The summed E-state index contributed by atoms with van der Waals surface area (Å²) in [6.45, 7) is 5.17. The number of nitrogens with zero attached hydrogens (tertiary/aromatic N) is 5. The molecule has 0 radical (unpaired) electrons. The molecule has 4 heterocycles. The number of benzene rings is 1. The van der Waals surface area contributed by atoms with Crippen molar-refractivity contribution in [1.82, 2.24) is 24.6 Å². The van der Waals surface area contributed by atoms with E-state index in [1.54, 1.807) is 7.11 Å². The summed E-state index contributed by atoms with van der Waals surface area (Å²) in [6, 6.07) is 12.6. The molecule has 0 saturated carbocycles. The third-order valence-electron chi connectivity index (χ3n) is 6.27. The van der Waals surface area contributed by atoms with E-state index >= 15 is 0 Å². The zero-order valence-electron chi connectivity index (χ0n) is 17.0. The van der Waals surface area contributed by atoms with Crippen molar-refractivity contribution >= 4 is 11.3 Å². The molecule has 152 valence electrons. The molecule has 7 heteroatoms. The Balaban J connectivity index is 1.44. The number of piperidine rings is 1. The summed E-state index contributed by atoms with van der Waals surface area (Å²) in [6.07, 6.45) is 2.24. The molecule has 1 spiro atoms. The Kier molecular flexibility index (Phi) is 4.89. The fourth-order valence-electron chi connectivity index (χ4n) is 4.85. The minimum atomic E-state index is 0.0625. The van der Waals surface area contributed by atoms with Crippen molar-refractivity contribution < 1.29 is 4.74 Å². The normalized spacial score (nSPS) is 19.4. The second-order valence-electron chi connectivity index (χ2n) is 8.26. The van der Waals surface area contributed by atoms with Gasteiger partial charge in [0, 0.05) is 36.6 Å². The van der Waals surface area contributed by atoms with Gasteiger partial charge < -0.3 is 9.30 Å². The zero-order chi connectivity index (χ0) is 19.8. The van der Waals surface area contributed by atoms with Crippen LogP contribution in [0.25, 0.3) is 11.4 Å². The van der Waals surface area contributed by atoms with Crippen LogP contribution in [0.1, 0.15) is 23.5 Å². The highest BCUT2D eigenvalue weighted by Crippen LogP contribution is 2.39. The van der Waals surface area contributed by atoms with Crippen LogP contribution >= 0.6 is 11.3 Å². The average molecular weight is 410 g/mol. The lowest BCUT2D eigenvalue weighted by atomic mass is 9.84. The molecule has 0 aliphatic carbocycles. The van der Waals surface area contributed by atoms with Gasteiger partial charge in [-0.2, -0.15) is 0 Å². The largest absolute Gasteiger partial charge is 0.497 e. The first-order valence-electron chi connectivity index (χ1n) is 10.2. The summed E-state index contributed by atoms with van der Waals surface area (Å²) in [4.78, 5) is 6.44. The molecule has 2 aromatic heterocycles. The van der Waals surface area contributed by atoms with Crippen LogP contribution in [0.3, 0.4) is 0 Å². The number of ether oxygens (including phenoxy) is 1. The Bertz CT molecular complexity index is 958. The quantitative estimate of drug-likeness (QED) is 0.660. The molecular formula is C22H27N5OS. The molecule has 0 amide bonds. The predicted octanol–water partition coefficient (Wildman–Crippen LogP) is 3.45. The molecule has 1 fully saturated rings. The second-order valence-corrected chi connectivity index (χ2v) is 9.29. The molecular weight excluding hydrogens is 382 g/mol. The summed E-state index contributed by atoms with van der Waals surface area (Å²) in [5.74, 6) is 2.93. The van der Waals surface area contributed by atoms with Crippen LogP contribution in [0.15, 0.2) is 41.8 Å². The van der Waals surface area contributed by atoms with Crippen molar-refractivity contribution in [3.8, 4) is 17.1 Å². The fraction of sp³-hybridized carbons (Fsp3) is 0.455. The van der Waals surface area contributed by atoms with Crippen LogP contribution in [0, 0.1) is 0 Å². The number of fused-ring (bicyclic) bond motifs is 2. The zero-order valence-corrected chi connectivity index (χ0v) is 17.9. The number of thiophene rings is 1. The minimum Gasteiger partial charge on any atom is -0.497 e. The molecule has 1 saturated heterocycles. The van der Waals surface area contributed by atoms with E-state index in [0.717, 1.165) is 68.5 Å². The highest BCUT2D eigenvalue weighted by atomic mass is 32.1. The van der Waals surface area contributed by atoms with Gasteiger partial charge in [-0.25, -0.2) is 0 Å². The number of methoxy groups -OCH3 is 1. The second kappa shape index (κ2) is 7.55. The van der Waals surface area contributed by atoms with Gasteiger partial charge in [0.2, 0.25) is 0 Å². The Hall–Kier alpha value is -2.22. The van der Waals surface area contributed by atoms with Crippen molar-refractivity contribution in [1.29, 1.82) is 0 Å². The molecule has 0 unspecified atom stereocenters. The third kappa shape index (κ3) is 3.47. The predicted molar refractivity (Wildman–Crippen MR) is 115 cm³/mol. The first-order valence-corrected chi connectivity index (χ1v) is 11.1. The van der Waals surface area contributed by atoms with Gasteiger partial charge in [-0.3, -0.25) is 9.80 Å². The third-order valence-corrected chi connectivity index (χ3v) is 7.14. The van der Waals surface area contributed by atoms with Gasteiger partial charge in [0.05, 0.1) is 19.2 Å². The van der Waals surface area contributed by atoms with Crippen molar-refractivity contribution in [2.75, 3.05) is 33.8 Å². The Labute approximate surface area is 175 Å². The summed E-state index contributed by atoms with van der Waals surface area (Å²) >= 11 is 1.85. The van der Waals surface area contributed by atoms with Crippen LogP contribution in [0.2, 0.25) is 0 Å². The minimum absolute atomic E-state index is 0.0625. The maximum absolute atomic E-state index is 5.32. The molecule has 2 aliphatic heterocycles.